The van der Waals surface area contributed by atoms with Crippen LogP contribution in [0.1, 0.15) is 16.8 Å². The number of rotatable bonds is 4. The van der Waals surface area contributed by atoms with E-state index in [1.807, 2.05) is 32.0 Å². The molecule has 0 amide bonds. The van der Waals surface area contributed by atoms with Crippen LogP contribution in [0.2, 0.25) is 0 Å². The lowest BCUT2D eigenvalue weighted by Gasteiger charge is -2.14. The van der Waals surface area contributed by atoms with Crippen LogP contribution in [0.25, 0.3) is 0 Å². The molecule has 110 valence electrons. The molecule has 0 fully saturated rings. The van der Waals surface area contributed by atoms with E-state index in [1.165, 1.54) is 18.3 Å². The predicted molar refractivity (Wildman–Crippen MR) is 86.8 cm³/mol. The number of sulfonamides is 1. The van der Waals surface area contributed by atoms with Gasteiger partial charge in [-0.1, -0.05) is 30.4 Å². The average molecular weight is 321 g/mol. The van der Waals surface area contributed by atoms with Crippen LogP contribution in [0, 0.1) is 13.8 Å². The van der Waals surface area contributed by atoms with Crippen molar-refractivity contribution in [1.29, 1.82) is 0 Å². The molecule has 1 heterocycles. The van der Waals surface area contributed by atoms with Crippen LogP contribution in [0.3, 0.4) is 0 Å². The summed E-state index contributed by atoms with van der Waals surface area (Å²) in [7, 11) is -3.81. The number of nitrogens with one attached hydrogen (secondary N) is 1. The third-order valence-corrected chi connectivity index (χ3v) is 4.59. The fraction of sp³-hybridized carbons (Fsp3) is 0.143. The molecule has 0 spiro atoms. The quantitative estimate of drug-likeness (QED) is 0.843. The number of thiocarbonyl (C=S) groups is 1. The molecular formula is C14H15N3O2S2. The molecule has 0 aliphatic rings. The van der Waals surface area contributed by atoms with Gasteiger partial charge in [-0.3, -0.25) is 9.71 Å². The van der Waals surface area contributed by atoms with Crippen LogP contribution in [0.15, 0.2) is 41.4 Å². The SMILES string of the molecule is Cc1cccc(C)c1NS(=O)(=O)c1cccnc1C(N)=S. The van der Waals surface area contributed by atoms with E-state index in [1.54, 1.807) is 0 Å². The molecule has 0 saturated heterocycles. The summed E-state index contributed by atoms with van der Waals surface area (Å²) in [5.74, 6) is 0. The van der Waals surface area contributed by atoms with Gasteiger partial charge in [-0.15, -0.1) is 0 Å². The Morgan fingerprint density at radius 2 is 1.81 bits per heavy atom. The van der Waals surface area contributed by atoms with Gasteiger partial charge in [0.2, 0.25) is 0 Å². The third-order valence-electron chi connectivity index (χ3n) is 3.01. The van der Waals surface area contributed by atoms with Crippen molar-refractivity contribution < 1.29 is 8.42 Å². The zero-order valence-corrected chi connectivity index (χ0v) is 13.3. The van der Waals surface area contributed by atoms with Crippen molar-refractivity contribution >= 4 is 32.9 Å². The summed E-state index contributed by atoms with van der Waals surface area (Å²) in [5.41, 5.74) is 7.85. The van der Waals surface area contributed by atoms with E-state index in [0.29, 0.717) is 5.69 Å². The number of anilines is 1. The number of para-hydroxylation sites is 1. The second-order valence-electron chi connectivity index (χ2n) is 4.59. The first-order valence-corrected chi connectivity index (χ1v) is 8.06. The monoisotopic (exact) mass is 321 g/mol. The number of hydrogen-bond acceptors (Lipinski definition) is 4. The van der Waals surface area contributed by atoms with Crippen LogP contribution < -0.4 is 10.5 Å². The molecular weight excluding hydrogens is 306 g/mol. The largest absolute Gasteiger partial charge is 0.388 e. The van der Waals surface area contributed by atoms with Crippen molar-refractivity contribution in [2.75, 3.05) is 4.72 Å². The zero-order valence-electron chi connectivity index (χ0n) is 11.6. The van der Waals surface area contributed by atoms with E-state index < -0.39 is 10.0 Å². The van der Waals surface area contributed by atoms with Crippen molar-refractivity contribution in [2.45, 2.75) is 18.7 Å². The molecule has 0 bridgehead atoms. The Labute approximate surface area is 129 Å². The van der Waals surface area contributed by atoms with Crippen LogP contribution in [-0.4, -0.2) is 18.4 Å². The van der Waals surface area contributed by atoms with Crippen molar-refractivity contribution in [3.63, 3.8) is 0 Å². The van der Waals surface area contributed by atoms with E-state index in [4.69, 9.17) is 18.0 Å². The van der Waals surface area contributed by atoms with E-state index in [0.717, 1.165) is 11.1 Å². The van der Waals surface area contributed by atoms with Crippen molar-refractivity contribution in [3.8, 4) is 0 Å². The highest BCUT2D eigenvalue weighted by Gasteiger charge is 2.22. The van der Waals surface area contributed by atoms with Crippen molar-refractivity contribution in [2.24, 2.45) is 5.73 Å². The van der Waals surface area contributed by atoms with Crippen LogP contribution in [-0.2, 0) is 10.0 Å². The zero-order chi connectivity index (χ0) is 15.6. The molecule has 0 saturated carbocycles. The maximum Gasteiger partial charge on any atom is 0.264 e. The van der Waals surface area contributed by atoms with Gasteiger partial charge in [0.15, 0.2) is 0 Å². The first-order valence-electron chi connectivity index (χ1n) is 6.17. The van der Waals surface area contributed by atoms with E-state index in [-0.39, 0.29) is 15.6 Å². The van der Waals surface area contributed by atoms with E-state index >= 15 is 0 Å². The molecule has 2 rings (SSSR count). The Morgan fingerprint density at radius 3 is 2.38 bits per heavy atom. The highest BCUT2D eigenvalue weighted by Crippen LogP contribution is 2.24. The molecule has 5 nitrogen and oxygen atoms in total. The van der Waals surface area contributed by atoms with Gasteiger partial charge in [0.1, 0.15) is 15.6 Å². The normalized spacial score (nSPS) is 11.1. The summed E-state index contributed by atoms with van der Waals surface area (Å²) in [5, 5.41) is 0. The van der Waals surface area contributed by atoms with E-state index in [2.05, 4.69) is 9.71 Å². The van der Waals surface area contributed by atoms with Gasteiger partial charge in [0, 0.05) is 6.20 Å². The highest BCUT2D eigenvalue weighted by atomic mass is 32.2. The van der Waals surface area contributed by atoms with Gasteiger partial charge in [-0.25, -0.2) is 8.42 Å². The third kappa shape index (κ3) is 3.20. The number of hydrogen-bond donors (Lipinski definition) is 2. The minimum Gasteiger partial charge on any atom is -0.388 e. The summed E-state index contributed by atoms with van der Waals surface area (Å²) in [4.78, 5) is 3.86. The summed E-state index contributed by atoms with van der Waals surface area (Å²) in [6.07, 6.45) is 1.45. The smallest absolute Gasteiger partial charge is 0.264 e. The Kier molecular flexibility index (Phi) is 4.24. The lowest BCUT2D eigenvalue weighted by Crippen LogP contribution is -2.21. The lowest BCUT2D eigenvalue weighted by atomic mass is 10.1. The molecule has 3 N–H and O–H groups in total. The summed E-state index contributed by atoms with van der Waals surface area (Å²) in [6, 6.07) is 8.50. The molecule has 0 radical (unpaired) electrons. The van der Waals surface area contributed by atoms with Crippen molar-refractivity contribution in [1.82, 2.24) is 4.98 Å². The molecule has 1 aromatic heterocycles. The maximum absolute atomic E-state index is 12.6. The minimum absolute atomic E-state index is 0.0276. The lowest BCUT2D eigenvalue weighted by molar-refractivity contribution is 0.600. The number of nitrogens with two attached hydrogens (primary N) is 1. The number of aromatic nitrogens is 1. The van der Waals surface area contributed by atoms with Gasteiger partial charge < -0.3 is 5.73 Å². The molecule has 0 aliphatic heterocycles. The average Bonchev–Trinajstić information content (AvgIpc) is 2.43. The Hall–Kier alpha value is -1.99. The highest BCUT2D eigenvalue weighted by molar-refractivity contribution is 7.93. The van der Waals surface area contributed by atoms with Gasteiger partial charge in [-0.2, -0.15) is 0 Å². The molecule has 2 aromatic rings. The van der Waals surface area contributed by atoms with Crippen LogP contribution >= 0.6 is 12.2 Å². The number of aryl methyl sites for hydroxylation is 2. The molecule has 0 atom stereocenters. The van der Waals surface area contributed by atoms with Crippen LogP contribution in [0.4, 0.5) is 5.69 Å². The number of nitrogens with zero attached hydrogens (tertiary/aromatic N) is 1. The summed E-state index contributed by atoms with van der Waals surface area (Å²) >= 11 is 4.86. The maximum atomic E-state index is 12.6. The second kappa shape index (κ2) is 5.79. The fourth-order valence-corrected chi connectivity index (χ4v) is 3.56. The second-order valence-corrected chi connectivity index (χ2v) is 6.68. The van der Waals surface area contributed by atoms with Gasteiger partial charge in [0.05, 0.1) is 5.69 Å². The van der Waals surface area contributed by atoms with Crippen molar-refractivity contribution in [3.05, 3.63) is 53.3 Å². The molecule has 0 unspecified atom stereocenters. The first kappa shape index (κ1) is 15.4. The molecule has 1 aromatic carbocycles. The summed E-state index contributed by atoms with van der Waals surface area (Å²) < 4.78 is 27.7. The Bertz CT molecular complexity index is 781. The number of benzene rings is 1. The van der Waals surface area contributed by atoms with Crippen LogP contribution in [0.5, 0.6) is 0 Å². The van der Waals surface area contributed by atoms with Gasteiger partial charge in [-0.05, 0) is 37.1 Å². The predicted octanol–water partition coefficient (Wildman–Crippen LogP) is 2.13. The molecule has 7 heteroatoms. The topological polar surface area (TPSA) is 85.1 Å². The first-order chi connectivity index (χ1) is 9.83. The van der Waals surface area contributed by atoms with Gasteiger partial charge in [0.25, 0.3) is 10.0 Å². The standard InChI is InChI=1S/C14H15N3O2S2/c1-9-5-3-6-10(2)12(9)17-21(18,19)11-7-4-8-16-13(11)14(15)20/h3-8,17H,1-2H3,(H2,15,20). The molecule has 0 aliphatic carbocycles. The number of pyridine rings is 1. The minimum atomic E-state index is -3.81. The van der Waals surface area contributed by atoms with Gasteiger partial charge >= 0.3 is 0 Å². The van der Waals surface area contributed by atoms with E-state index in [9.17, 15) is 8.42 Å². The molecule has 21 heavy (non-hydrogen) atoms. The Morgan fingerprint density at radius 1 is 1.19 bits per heavy atom. The fourth-order valence-electron chi connectivity index (χ4n) is 1.96. The Balaban J connectivity index is 2.52. The summed E-state index contributed by atoms with van der Waals surface area (Å²) in [6.45, 7) is 3.67.